The van der Waals surface area contributed by atoms with Gasteiger partial charge in [0.15, 0.2) is 0 Å². The van der Waals surface area contributed by atoms with Crippen molar-refractivity contribution in [2.45, 2.75) is 0 Å². The highest BCUT2D eigenvalue weighted by Gasteiger charge is 2.10. The number of hydrogen-bond acceptors (Lipinski definition) is 6. The summed E-state index contributed by atoms with van der Waals surface area (Å²) >= 11 is 0. The first-order valence-corrected chi connectivity index (χ1v) is 5.05. The number of ether oxygens (including phenoxy) is 1. The van der Waals surface area contributed by atoms with Crippen molar-refractivity contribution in [1.82, 2.24) is 9.97 Å². The molecule has 0 amide bonds. The molecule has 0 spiro atoms. The summed E-state index contributed by atoms with van der Waals surface area (Å²) in [7, 11) is 1.28. The van der Waals surface area contributed by atoms with E-state index in [0.717, 1.165) is 0 Å². The highest BCUT2D eigenvalue weighted by Crippen LogP contribution is 2.20. The fourth-order valence-corrected chi connectivity index (χ4v) is 1.42. The van der Waals surface area contributed by atoms with Crippen LogP contribution in [0.5, 0.6) is 0 Å². The number of nitrogens with one attached hydrogen (secondary N) is 2. The van der Waals surface area contributed by atoms with Gasteiger partial charge in [-0.3, -0.25) is 14.9 Å². The van der Waals surface area contributed by atoms with E-state index in [1.54, 1.807) is 0 Å². The van der Waals surface area contributed by atoms with Gasteiger partial charge >= 0.3 is 5.97 Å². The lowest BCUT2D eigenvalue weighted by molar-refractivity contribution is -0.384. The van der Waals surface area contributed by atoms with Gasteiger partial charge in [-0.05, 0) is 6.07 Å². The van der Waals surface area contributed by atoms with Crippen LogP contribution in [0.3, 0.4) is 0 Å². The first kappa shape index (κ1) is 11.8. The molecule has 94 valence electrons. The van der Waals surface area contributed by atoms with E-state index in [9.17, 15) is 14.9 Å². The Morgan fingerprint density at radius 3 is 3.06 bits per heavy atom. The summed E-state index contributed by atoms with van der Waals surface area (Å²) in [4.78, 5) is 28.0. The summed E-state index contributed by atoms with van der Waals surface area (Å²) in [5.41, 5.74) is 1.08. The van der Waals surface area contributed by atoms with E-state index < -0.39 is 10.9 Å². The fourth-order valence-electron chi connectivity index (χ4n) is 1.42. The van der Waals surface area contributed by atoms with E-state index in [4.69, 9.17) is 0 Å². The third-order valence-electron chi connectivity index (χ3n) is 2.30. The highest BCUT2D eigenvalue weighted by atomic mass is 16.6. The lowest BCUT2D eigenvalue weighted by atomic mass is 10.3. The second-order valence-corrected chi connectivity index (χ2v) is 3.47. The second kappa shape index (κ2) is 4.70. The molecule has 0 aliphatic carbocycles. The molecule has 1 aromatic carbocycles. The third kappa shape index (κ3) is 2.37. The molecule has 0 atom stereocenters. The molecular weight excluding hydrogens is 240 g/mol. The van der Waals surface area contributed by atoms with E-state index in [1.165, 1.54) is 25.3 Å². The van der Waals surface area contributed by atoms with Crippen molar-refractivity contribution in [3.05, 3.63) is 28.3 Å². The number of aromatic amines is 1. The topological polar surface area (TPSA) is 110 Å². The van der Waals surface area contributed by atoms with Crippen LogP contribution in [-0.4, -0.2) is 34.5 Å². The Morgan fingerprint density at radius 1 is 1.61 bits per heavy atom. The van der Waals surface area contributed by atoms with E-state index in [-0.39, 0.29) is 12.2 Å². The average molecular weight is 250 g/mol. The van der Waals surface area contributed by atoms with Gasteiger partial charge in [-0.2, -0.15) is 0 Å². The Labute approximate surface area is 101 Å². The number of nitro benzene ring substituents is 1. The molecule has 0 saturated heterocycles. The minimum atomic E-state index is -0.484. The minimum Gasteiger partial charge on any atom is -0.468 e. The molecule has 2 N–H and O–H groups in total. The SMILES string of the molecule is COC(=O)CNc1nc2ccc([N+](=O)[O-])cc2[nH]1. The number of anilines is 1. The summed E-state index contributed by atoms with van der Waals surface area (Å²) in [5.74, 6) is -0.0719. The predicted molar refractivity (Wildman–Crippen MR) is 63.3 cm³/mol. The molecule has 8 nitrogen and oxygen atoms in total. The molecule has 1 aromatic heterocycles. The number of methoxy groups -OCH3 is 1. The monoisotopic (exact) mass is 250 g/mol. The number of hydrogen-bond donors (Lipinski definition) is 2. The fraction of sp³-hybridized carbons (Fsp3) is 0.200. The van der Waals surface area contributed by atoms with Gasteiger partial charge in [0.25, 0.3) is 5.69 Å². The lowest BCUT2D eigenvalue weighted by Gasteiger charge is -1.99. The lowest BCUT2D eigenvalue weighted by Crippen LogP contribution is -2.15. The van der Waals surface area contributed by atoms with Gasteiger partial charge in [-0.15, -0.1) is 0 Å². The number of carbonyl (C=O) groups excluding carboxylic acids is 1. The Kier molecular flexibility index (Phi) is 3.09. The van der Waals surface area contributed by atoms with Crippen molar-refractivity contribution in [2.24, 2.45) is 0 Å². The predicted octanol–water partition coefficient (Wildman–Crippen LogP) is 1.06. The molecule has 0 unspecified atom stereocenters. The second-order valence-electron chi connectivity index (χ2n) is 3.47. The van der Waals surface area contributed by atoms with Crippen molar-refractivity contribution in [3.63, 3.8) is 0 Å². The highest BCUT2D eigenvalue weighted by molar-refractivity contribution is 5.81. The van der Waals surface area contributed by atoms with Crippen molar-refractivity contribution in [2.75, 3.05) is 19.0 Å². The van der Waals surface area contributed by atoms with Crippen LogP contribution < -0.4 is 5.32 Å². The summed E-state index contributed by atoms with van der Waals surface area (Å²) in [5, 5.41) is 13.3. The van der Waals surface area contributed by atoms with Gasteiger partial charge in [0.2, 0.25) is 5.95 Å². The minimum absolute atomic E-state index is 0.0225. The van der Waals surface area contributed by atoms with Crippen LogP contribution in [0.4, 0.5) is 11.6 Å². The van der Waals surface area contributed by atoms with E-state index in [0.29, 0.717) is 17.0 Å². The number of nitrogens with zero attached hydrogens (tertiary/aromatic N) is 2. The Hall–Kier alpha value is -2.64. The van der Waals surface area contributed by atoms with Crippen molar-refractivity contribution in [3.8, 4) is 0 Å². The average Bonchev–Trinajstić information content (AvgIpc) is 2.77. The summed E-state index contributed by atoms with van der Waals surface area (Å²) in [6.45, 7) is -0.0294. The molecule has 8 heteroatoms. The molecule has 2 aromatic rings. The molecule has 0 aliphatic heterocycles. The zero-order valence-electron chi connectivity index (χ0n) is 9.47. The first-order chi connectivity index (χ1) is 8.60. The van der Waals surface area contributed by atoms with Gasteiger partial charge in [0.1, 0.15) is 6.54 Å². The van der Waals surface area contributed by atoms with Crippen LogP contribution in [0.15, 0.2) is 18.2 Å². The molecule has 0 saturated carbocycles. The summed E-state index contributed by atoms with van der Waals surface area (Å²) < 4.78 is 4.46. The van der Waals surface area contributed by atoms with Crippen LogP contribution in [0, 0.1) is 10.1 Å². The smallest absolute Gasteiger partial charge is 0.325 e. The number of non-ortho nitro benzene ring substituents is 1. The van der Waals surface area contributed by atoms with Crippen molar-refractivity contribution < 1.29 is 14.5 Å². The Morgan fingerprint density at radius 2 is 2.39 bits per heavy atom. The van der Waals surface area contributed by atoms with Crippen LogP contribution >= 0.6 is 0 Å². The number of imidazole rings is 1. The zero-order valence-corrected chi connectivity index (χ0v) is 9.47. The van der Waals surface area contributed by atoms with Gasteiger partial charge in [-0.1, -0.05) is 0 Å². The van der Waals surface area contributed by atoms with E-state index in [1.807, 2.05) is 0 Å². The Bertz CT molecular complexity index is 607. The largest absolute Gasteiger partial charge is 0.468 e. The van der Waals surface area contributed by atoms with Gasteiger partial charge < -0.3 is 15.0 Å². The molecule has 0 fully saturated rings. The normalized spacial score (nSPS) is 10.3. The molecule has 0 aliphatic rings. The van der Waals surface area contributed by atoms with E-state index in [2.05, 4.69) is 20.0 Å². The maximum atomic E-state index is 10.9. The zero-order chi connectivity index (χ0) is 13.1. The number of rotatable bonds is 4. The Balaban J connectivity index is 2.22. The quantitative estimate of drug-likeness (QED) is 0.477. The molecule has 1 heterocycles. The standard InChI is InChI=1S/C10H10N4O4/c1-18-9(15)5-11-10-12-7-3-2-6(14(16)17)4-8(7)13-10/h2-4H,5H2,1H3,(H2,11,12,13). The van der Waals surface area contributed by atoms with E-state index >= 15 is 0 Å². The number of carbonyl (C=O) groups is 1. The molecular formula is C10H10N4O4. The van der Waals surface area contributed by atoms with Gasteiger partial charge in [0.05, 0.1) is 23.1 Å². The van der Waals surface area contributed by atoms with Crippen molar-refractivity contribution >= 4 is 28.6 Å². The summed E-state index contributed by atoms with van der Waals surface area (Å²) in [6, 6.07) is 4.28. The number of fused-ring (bicyclic) bond motifs is 1. The maximum absolute atomic E-state index is 10.9. The number of H-pyrrole nitrogens is 1. The molecule has 2 rings (SSSR count). The van der Waals surface area contributed by atoms with Crippen LogP contribution in [0.25, 0.3) is 11.0 Å². The van der Waals surface area contributed by atoms with Crippen LogP contribution in [0.2, 0.25) is 0 Å². The number of benzene rings is 1. The molecule has 0 bridgehead atoms. The number of nitro groups is 1. The molecule has 18 heavy (non-hydrogen) atoms. The van der Waals surface area contributed by atoms with Gasteiger partial charge in [0, 0.05) is 12.1 Å². The number of esters is 1. The van der Waals surface area contributed by atoms with Crippen LogP contribution in [-0.2, 0) is 9.53 Å². The van der Waals surface area contributed by atoms with Gasteiger partial charge in [-0.25, -0.2) is 4.98 Å². The maximum Gasteiger partial charge on any atom is 0.325 e. The summed E-state index contributed by atoms with van der Waals surface area (Å²) in [6.07, 6.45) is 0. The number of aromatic nitrogens is 2. The van der Waals surface area contributed by atoms with Crippen LogP contribution in [0.1, 0.15) is 0 Å². The third-order valence-corrected chi connectivity index (χ3v) is 2.30. The molecule has 0 radical (unpaired) electrons. The van der Waals surface area contributed by atoms with Crippen molar-refractivity contribution in [1.29, 1.82) is 0 Å². The first-order valence-electron chi connectivity index (χ1n) is 5.05.